The summed E-state index contributed by atoms with van der Waals surface area (Å²) in [6, 6.07) is 6.20. The molecule has 0 N–H and O–H groups in total. The fourth-order valence-corrected chi connectivity index (χ4v) is 2.91. The summed E-state index contributed by atoms with van der Waals surface area (Å²) in [6.45, 7) is 3.04. The number of benzene rings is 1. The van der Waals surface area contributed by atoms with Crippen molar-refractivity contribution < 1.29 is 22.6 Å². The smallest absolute Gasteiger partial charge is 0.492 e. The van der Waals surface area contributed by atoms with Crippen LogP contribution in [0.25, 0.3) is 0 Å². The number of ether oxygens (including phenoxy) is 2. The summed E-state index contributed by atoms with van der Waals surface area (Å²) in [4.78, 5) is 2.27. The number of likely N-dealkylation sites (tertiary alicyclic amines) is 1. The lowest BCUT2D eigenvalue weighted by molar-refractivity contribution is -0.274. The van der Waals surface area contributed by atoms with Gasteiger partial charge >= 0.3 is 6.36 Å². The Morgan fingerprint density at radius 2 is 2.00 bits per heavy atom. The van der Waals surface area contributed by atoms with Gasteiger partial charge in [0.25, 0.3) is 0 Å². The predicted octanol–water partition coefficient (Wildman–Crippen LogP) is 4.35. The highest BCUT2D eigenvalue weighted by Gasteiger charge is 2.31. The number of alkyl halides is 3. The number of halogens is 4. The molecule has 132 valence electrons. The van der Waals surface area contributed by atoms with Crippen molar-refractivity contribution in [3.05, 3.63) is 22.7 Å². The van der Waals surface area contributed by atoms with Gasteiger partial charge in [-0.1, -0.05) is 0 Å². The number of nitrogens with zero attached hydrogens (tertiary/aromatic N) is 2. The maximum absolute atomic E-state index is 12.2. The molecule has 1 aromatic carbocycles. The molecule has 1 aliphatic heterocycles. The lowest BCUT2D eigenvalue weighted by atomic mass is 9.98. The summed E-state index contributed by atoms with van der Waals surface area (Å²) in [6.07, 6.45) is -2.19. The molecule has 1 aromatic rings. The van der Waals surface area contributed by atoms with Crippen LogP contribution in [0, 0.1) is 17.2 Å². The van der Waals surface area contributed by atoms with Crippen LogP contribution in [0.2, 0.25) is 0 Å². The van der Waals surface area contributed by atoms with Crippen molar-refractivity contribution in [1.29, 1.82) is 5.26 Å². The summed E-state index contributed by atoms with van der Waals surface area (Å²) in [5, 5.41) is 8.86. The first-order chi connectivity index (χ1) is 11.4. The van der Waals surface area contributed by atoms with E-state index in [4.69, 9.17) is 10.00 Å². The van der Waals surface area contributed by atoms with Crippen molar-refractivity contribution in [2.24, 2.45) is 5.92 Å². The van der Waals surface area contributed by atoms with Gasteiger partial charge in [0.15, 0.2) is 0 Å². The first-order valence-corrected chi connectivity index (χ1v) is 8.47. The third kappa shape index (κ3) is 6.21. The number of piperidine rings is 1. The van der Waals surface area contributed by atoms with Crippen LogP contribution in [-0.2, 0) is 0 Å². The summed E-state index contributed by atoms with van der Waals surface area (Å²) in [5.41, 5.74) is 0. The van der Waals surface area contributed by atoms with Crippen LogP contribution in [0.3, 0.4) is 0 Å². The number of hydrogen-bond acceptors (Lipinski definition) is 4. The molecule has 0 aliphatic carbocycles. The Bertz CT molecular complexity index is 582. The summed E-state index contributed by atoms with van der Waals surface area (Å²) < 4.78 is 46.7. The summed E-state index contributed by atoms with van der Waals surface area (Å²) in [7, 11) is 0. The highest BCUT2D eigenvalue weighted by Crippen LogP contribution is 2.32. The molecule has 0 aromatic heterocycles. The standard InChI is InChI=1S/C16H18BrF3N2O2/c17-14-3-2-13(24-16(18,19)20)10-15(14)23-9-1-6-22-7-4-12(11-21)5-8-22/h2-3,10,12H,1,4-9H2. The Hall–Kier alpha value is -1.46. The molecule has 1 heterocycles. The fraction of sp³-hybridized carbons (Fsp3) is 0.562. The third-order valence-electron chi connectivity index (χ3n) is 3.78. The Labute approximate surface area is 147 Å². The molecule has 1 saturated heterocycles. The molecule has 2 rings (SSSR count). The van der Waals surface area contributed by atoms with Gasteiger partial charge in [-0.3, -0.25) is 0 Å². The molecule has 1 aliphatic rings. The number of nitriles is 1. The molecule has 24 heavy (non-hydrogen) atoms. The zero-order valence-electron chi connectivity index (χ0n) is 13.0. The van der Waals surface area contributed by atoms with Crippen LogP contribution >= 0.6 is 15.9 Å². The van der Waals surface area contributed by atoms with Crippen LogP contribution in [0.15, 0.2) is 22.7 Å². The lowest BCUT2D eigenvalue weighted by Gasteiger charge is -2.28. The van der Waals surface area contributed by atoms with Crippen LogP contribution < -0.4 is 9.47 Å². The molecule has 0 radical (unpaired) electrons. The van der Waals surface area contributed by atoms with Crippen molar-refractivity contribution in [3.8, 4) is 17.6 Å². The van der Waals surface area contributed by atoms with E-state index in [0.29, 0.717) is 16.8 Å². The van der Waals surface area contributed by atoms with Crippen molar-refractivity contribution in [1.82, 2.24) is 4.90 Å². The van der Waals surface area contributed by atoms with E-state index < -0.39 is 6.36 Å². The van der Waals surface area contributed by atoms with E-state index in [0.717, 1.165) is 38.9 Å². The van der Waals surface area contributed by atoms with E-state index in [1.807, 2.05) is 0 Å². The average molecular weight is 407 g/mol. The SMILES string of the molecule is N#CC1CCN(CCCOc2cc(OC(F)(F)F)ccc2Br)CC1. The minimum atomic E-state index is -4.72. The van der Waals surface area contributed by atoms with Crippen molar-refractivity contribution in [2.75, 3.05) is 26.2 Å². The van der Waals surface area contributed by atoms with E-state index in [9.17, 15) is 13.2 Å². The predicted molar refractivity (Wildman–Crippen MR) is 85.7 cm³/mol. The molecule has 8 heteroatoms. The monoisotopic (exact) mass is 406 g/mol. The van der Waals surface area contributed by atoms with E-state index in [2.05, 4.69) is 31.6 Å². The first kappa shape index (κ1) is 18.9. The first-order valence-electron chi connectivity index (χ1n) is 7.67. The van der Waals surface area contributed by atoms with Crippen molar-refractivity contribution in [2.45, 2.75) is 25.6 Å². The summed E-state index contributed by atoms with van der Waals surface area (Å²) in [5.74, 6) is 0.170. The second kappa shape index (κ2) is 8.58. The molecule has 0 spiro atoms. The minimum Gasteiger partial charge on any atom is -0.492 e. The second-order valence-electron chi connectivity index (χ2n) is 5.59. The average Bonchev–Trinajstić information content (AvgIpc) is 2.53. The maximum Gasteiger partial charge on any atom is 0.573 e. The van der Waals surface area contributed by atoms with Gasteiger partial charge in [-0.15, -0.1) is 13.2 Å². The van der Waals surface area contributed by atoms with E-state index in [1.54, 1.807) is 0 Å². The van der Waals surface area contributed by atoms with Crippen LogP contribution in [-0.4, -0.2) is 37.5 Å². The minimum absolute atomic E-state index is 0.157. The molecule has 0 atom stereocenters. The Morgan fingerprint density at radius 1 is 1.29 bits per heavy atom. The van der Waals surface area contributed by atoms with Gasteiger partial charge < -0.3 is 14.4 Å². The van der Waals surface area contributed by atoms with E-state index in [1.165, 1.54) is 18.2 Å². The van der Waals surface area contributed by atoms with Crippen LogP contribution in [0.5, 0.6) is 11.5 Å². The molecule has 1 fully saturated rings. The Morgan fingerprint density at radius 3 is 2.62 bits per heavy atom. The van der Waals surface area contributed by atoms with E-state index in [-0.39, 0.29) is 11.7 Å². The highest BCUT2D eigenvalue weighted by atomic mass is 79.9. The molecule has 0 amide bonds. The second-order valence-corrected chi connectivity index (χ2v) is 6.44. The zero-order chi connectivity index (χ0) is 17.6. The van der Waals surface area contributed by atoms with Gasteiger partial charge in [0.1, 0.15) is 11.5 Å². The normalized spacial score (nSPS) is 16.6. The van der Waals surface area contributed by atoms with Gasteiger partial charge in [0.05, 0.1) is 17.1 Å². The fourth-order valence-electron chi connectivity index (χ4n) is 2.55. The zero-order valence-corrected chi connectivity index (χ0v) is 14.6. The van der Waals surface area contributed by atoms with Gasteiger partial charge in [0, 0.05) is 18.5 Å². The quantitative estimate of drug-likeness (QED) is 0.658. The van der Waals surface area contributed by atoms with Crippen LogP contribution in [0.4, 0.5) is 13.2 Å². The van der Waals surface area contributed by atoms with E-state index >= 15 is 0 Å². The maximum atomic E-state index is 12.2. The molecule has 0 unspecified atom stereocenters. The van der Waals surface area contributed by atoms with Gasteiger partial charge in [0.2, 0.25) is 0 Å². The number of hydrogen-bond donors (Lipinski definition) is 0. The Kier molecular flexibility index (Phi) is 6.75. The van der Waals surface area contributed by atoms with Crippen molar-refractivity contribution in [3.63, 3.8) is 0 Å². The summed E-state index contributed by atoms with van der Waals surface area (Å²) >= 11 is 3.25. The molecule has 4 nitrogen and oxygen atoms in total. The topological polar surface area (TPSA) is 45.5 Å². The molecule has 0 saturated carbocycles. The van der Waals surface area contributed by atoms with Crippen molar-refractivity contribution >= 4 is 15.9 Å². The highest BCUT2D eigenvalue weighted by molar-refractivity contribution is 9.10. The lowest BCUT2D eigenvalue weighted by Crippen LogP contribution is -2.34. The van der Waals surface area contributed by atoms with Gasteiger partial charge in [-0.05, 0) is 60.4 Å². The Balaban J connectivity index is 1.76. The molecular formula is C16H18BrF3N2O2. The number of rotatable bonds is 6. The van der Waals surface area contributed by atoms with Gasteiger partial charge in [-0.2, -0.15) is 5.26 Å². The third-order valence-corrected chi connectivity index (χ3v) is 4.44. The van der Waals surface area contributed by atoms with Gasteiger partial charge in [-0.25, -0.2) is 0 Å². The molecule has 0 bridgehead atoms. The van der Waals surface area contributed by atoms with Crippen LogP contribution in [0.1, 0.15) is 19.3 Å². The largest absolute Gasteiger partial charge is 0.573 e. The molecular weight excluding hydrogens is 389 g/mol.